The van der Waals surface area contributed by atoms with Gasteiger partial charge >= 0.3 is 6.18 Å². The lowest BCUT2D eigenvalue weighted by Gasteiger charge is -2.27. The average Bonchev–Trinajstić information content (AvgIpc) is 2.33. The van der Waals surface area contributed by atoms with Crippen molar-refractivity contribution < 1.29 is 28.1 Å². The number of hydrogen-bond donors (Lipinski definition) is 2. The molecule has 0 radical (unpaired) electrons. The molecule has 4 nitrogen and oxygen atoms in total. The molecule has 7 heteroatoms. The first-order valence-electron chi connectivity index (χ1n) is 6.86. The first-order valence-corrected chi connectivity index (χ1v) is 6.86. The molecule has 0 bridgehead atoms. The molecule has 1 unspecified atom stereocenters. The number of halogens is 3. The standard InChI is InChI=1S/C15H22F3NO3/c1-14(2,21)10-19(3)8-12(20)9-22-13-6-4-11(5-7-13)15(16,17)18/h4-7,12,20-21H,8-10H2,1-3H3. The van der Waals surface area contributed by atoms with E-state index < -0.39 is 23.4 Å². The number of ether oxygens (including phenoxy) is 1. The Balaban J connectivity index is 2.42. The van der Waals surface area contributed by atoms with E-state index in [1.165, 1.54) is 12.1 Å². The number of hydrogen-bond acceptors (Lipinski definition) is 4. The molecule has 0 spiro atoms. The molecule has 0 amide bonds. The third-order valence-electron chi connectivity index (χ3n) is 2.80. The van der Waals surface area contributed by atoms with Gasteiger partial charge in [0.15, 0.2) is 0 Å². The zero-order valence-electron chi connectivity index (χ0n) is 12.9. The van der Waals surface area contributed by atoms with Crippen molar-refractivity contribution in [2.75, 3.05) is 26.7 Å². The average molecular weight is 321 g/mol. The van der Waals surface area contributed by atoms with Crippen molar-refractivity contribution in [3.8, 4) is 5.75 Å². The largest absolute Gasteiger partial charge is 0.491 e. The lowest BCUT2D eigenvalue weighted by Crippen LogP contribution is -2.41. The highest BCUT2D eigenvalue weighted by molar-refractivity contribution is 5.28. The Morgan fingerprint density at radius 2 is 1.73 bits per heavy atom. The van der Waals surface area contributed by atoms with Crippen LogP contribution in [0.15, 0.2) is 24.3 Å². The molecule has 126 valence electrons. The van der Waals surface area contributed by atoms with Crippen molar-refractivity contribution in [1.29, 1.82) is 0 Å². The van der Waals surface area contributed by atoms with Crippen molar-refractivity contribution in [3.05, 3.63) is 29.8 Å². The van der Waals surface area contributed by atoms with E-state index in [0.717, 1.165) is 12.1 Å². The quantitative estimate of drug-likeness (QED) is 0.808. The Bertz CT molecular complexity index is 455. The second-order valence-electron chi connectivity index (χ2n) is 6.00. The van der Waals surface area contributed by atoms with E-state index in [1.807, 2.05) is 0 Å². The van der Waals surface area contributed by atoms with Gasteiger partial charge in [-0.05, 0) is 45.2 Å². The molecule has 0 saturated carbocycles. The SMILES string of the molecule is CN(CC(O)COc1ccc(C(F)(F)F)cc1)CC(C)(C)O. The highest BCUT2D eigenvalue weighted by Crippen LogP contribution is 2.30. The van der Waals surface area contributed by atoms with Crippen LogP contribution in [-0.4, -0.2) is 53.6 Å². The molecule has 0 aliphatic carbocycles. The number of alkyl halides is 3. The highest BCUT2D eigenvalue weighted by Gasteiger charge is 2.30. The number of rotatable bonds is 7. The van der Waals surface area contributed by atoms with Crippen LogP contribution in [0.4, 0.5) is 13.2 Å². The number of aliphatic hydroxyl groups is 2. The molecule has 1 rings (SSSR count). The van der Waals surface area contributed by atoms with E-state index in [0.29, 0.717) is 6.54 Å². The van der Waals surface area contributed by atoms with Gasteiger partial charge in [-0.25, -0.2) is 0 Å². The molecule has 1 atom stereocenters. The summed E-state index contributed by atoms with van der Waals surface area (Å²) in [4.78, 5) is 1.75. The van der Waals surface area contributed by atoms with Crippen LogP contribution in [0.2, 0.25) is 0 Å². The fourth-order valence-electron chi connectivity index (χ4n) is 2.07. The monoisotopic (exact) mass is 321 g/mol. The van der Waals surface area contributed by atoms with Gasteiger partial charge in [0.2, 0.25) is 0 Å². The molecule has 0 aromatic heterocycles. The molecule has 0 aliphatic rings. The van der Waals surface area contributed by atoms with Gasteiger partial charge in [0, 0.05) is 13.1 Å². The van der Waals surface area contributed by atoms with Gasteiger partial charge in [-0.15, -0.1) is 0 Å². The summed E-state index contributed by atoms with van der Waals surface area (Å²) < 4.78 is 42.5. The van der Waals surface area contributed by atoms with Crippen LogP contribution >= 0.6 is 0 Å². The van der Waals surface area contributed by atoms with E-state index >= 15 is 0 Å². The molecule has 0 heterocycles. The van der Waals surface area contributed by atoms with Gasteiger partial charge in [-0.1, -0.05) is 0 Å². The third kappa shape index (κ3) is 7.11. The van der Waals surface area contributed by atoms with Crippen LogP contribution in [0, 0.1) is 0 Å². The fourth-order valence-corrected chi connectivity index (χ4v) is 2.07. The molecule has 0 saturated heterocycles. The minimum atomic E-state index is -4.38. The molecular formula is C15H22F3NO3. The second-order valence-corrected chi connectivity index (χ2v) is 6.00. The van der Waals surface area contributed by atoms with Crippen LogP contribution < -0.4 is 4.74 Å². The highest BCUT2D eigenvalue weighted by atomic mass is 19.4. The Hall–Kier alpha value is -1.31. The minimum Gasteiger partial charge on any atom is -0.491 e. The summed E-state index contributed by atoms with van der Waals surface area (Å²) in [5.41, 5.74) is -1.62. The predicted octanol–water partition coefficient (Wildman–Crippen LogP) is 2.15. The van der Waals surface area contributed by atoms with Gasteiger partial charge in [-0.2, -0.15) is 13.2 Å². The van der Waals surface area contributed by atoms with Crippen molar-refractivity contribution in [2.24, 2.45) is 0 Å². The van der Waals surface area contributed by atoms with Crippen LogP contribution in [0.25, 0.3) is 0 Å². The summed E-state index contributed by atoms with van der Waals surface area (Å²) in [6.45, 7) is 3.94. The first kappa shape index (κ1) is 18.7. The topological polar surface area (TPSA) is 52.9 Å². The lowest BCUT2D eigenvalue weighted by molar-refractivity contribution is -0.137. The third-order valence-corrected chi connectivity index (χ3v) is 2.80. The summed E-state index contributed by atoms with van der Waals surface area (Å²) in [7, 11) is 1.75. The maximum Gasteiger partial charge on any atom is 0.416 e. The summed E-state index contributed by atoms with van der Waals surface area (Å²) in [5, 5.41) is 19.5. The smallest absolute Gasteiger partial charge is 0.416 e. The van der Waals surface area contributed by atoms with Gasteiger partial charge in [0.1, 0.15) is 18.5 Å². The Morgan fingerprint density at radius 1 is 1.18 bits per heavy atom. The number of aliphatic hydroxyl groups excluding tert-OH is 1. The van der Waals surface area contributed by atoms with Crippen molar-refractivity contribution in [1.82, 2.24) is 4.90 Å². The molecule has 0 aliphatic heterocycles. The molecule has 22 heavy (non-hydrogen) atoms. The van der Waals surface area contributed by atoms with E-state index in [4.69, 9.17) is 4.74 Å². The van der Waals surface area contributed by atoms with E-state index in [9.17, 15) is 23.4 Å². The van der Waals surface area contributed by atoms with Gasteiger partial charge in [0.05, 0.1) is 11.2 Å². The molecule has 2 N–H and O–H groups in total. The summed E-state index contributed by atoms with van der Waals surface area (Å²) in [5.74, 6) is 0.261. The zero-order valence-corrected chi connectivity index (χ0v) is 12.9. The second kappa shape index (κ2) is 7.30. The fraction of sp³-hybridized carbons (Fsp3) is 0.600. The lowest BCUT2D eigenvalue weighted by atomic mass is 10.1. The van der Waals surface area contributed by atoms with E-state index in [2.05, 4.69) is 0 Å². The number of benzene rings is 1. The maximum absolute atomic E-state index is 12.4. The number of nitrogens with zero attached hydrogens (tertiary/aromatic N) is 1. The Kier molecular flexibility index (Phi) is 6.22. The Morgan fingerprint density at radius 3 is 2.18 bits per heavy atom. The van der Waals surface area contributed by atoms with Crippen LogP contribution in [0.5, 0.6) is 5.75 Å². The van der Waals surface area contributed by atoms with E-state index in [1.54, 1.807) is 25.8 Å². The van der Waals surface area contributed by atoms with Crippen LogP contribution in [-0.2, 0) is 6.18 Å². The minimum absolute atomic E-state index is 0.0401. The van der Waals surface area contributed by atoms with Crippen molar-refractivity contribution >= 4 is 0 Å². The zero-order chi connectivity index (χ0) is 17.0. The first-order chi connectivity index (χ1) is 9.97. The van der Waals surface area contributed by atoms with E-state index in [-0.39, 0.29) is 18.9 Å². The summed E-state index contributed by atoms with van der Waals surface area (Å²) in [6.07, 6.45) is -5.19. The van der Waals surface area contributed by atoms with Gasteiger partial charge in [-0.3, -0.25) is 0 Å². The van der Waals surface area contributed by atoms with Gasteiger partial charge in [0.25, 0.3) is 0 Å². The molecule has 1 aromatic carbocycles. The van der Waals surface area contributed by atoms with Crippen LogP contribution in [0.1, 0.15) is 19.4 Å². The van der Waals surface area contributed by atoms with Crippen molar-refractivity contribution in [3.63, 3.8) is 0 Å². The van der Waals surface area contributed by atoms with Gasteiger partial charge < -0.3 is 19.8 Å². The molecular weight excluding hydrogens is 299 g/mol. The number of likely N-dealkylation sites (N-methyl/N-ethyl adjacent to an activating group) is 1. The predicted molar refractivity (Wildman–Crippen MR) is 76.7 cm³/mol. The maximum atomic E-state index is 12.4. The summed E-state index contributed by atoms with van der Waals surface area (Å²) >= 11 is 0. The molecule has 1 aromatic rings. The summed E-state index contributed by atoms with van der Waals surface area (Å²) in [6, 6.07) is 4.30. The van der Waals surface area contributed by atoms with Crippen molar-refractivity contribution in [2.45, 2.75) is 31.7 Å². The van der Waals surface area contributed by atoms with Crippen LogP contribution in [0.3, 0.4) is 0 Å². The molecule has 0 fully saturated rings. The normalized spacial score (nSPS) is 14.2. The Labute approximate surface area is 128 Å².